The van der Waals surface area contributed by atoms with Crippen LogP contribution in [0.25, 0.3) is 0 Å². The summed E-state index contributed by atoms with van der Waals surface area (Å²) < 4.78 is 12.9. The smallest absolute Gasteiger partial charge is 0.244 e. The van der Waals surface area contributed by atoms with E-state index in [0.717, 1.165) is 25.9 Å². The Morgan fingerprint density at radius 1 is 1.44 bits per heavy atom. The molecule has 1 fully saturated rings. The molecule has 1 atom stereocenters. The highest BCUT2D eigenvalue weighted by Gasteiger charge is 2.23. The molecule has 0 aromatic heterocycles. The maximum Gasteiger partial charge on any atom is 0.244 e. The number of carbonyl (C=O) groups excluding carboxylic acids is 1. The van der Waals surface area contributed by atoms with Gasteiger partial charge in [-0.05, 0) is 38.0 Å². The van der Waals surface area contributed by atoms with E-state index in [-0.39, 0.29) is 22.8 Å². The van der Waals surface area contributed by atoms with E-state index in [1.165, 1.54) is 12.1 Å². The van der Waals surface area contributed by atoms with Gasteiger partial charge in [-0.15, -0.1) is 0 Å². The molecular weight excluding hydrogens is 255 g/mol. The van der Waals surface area contributed by atoms with E-state index in [2.05, 4.69) is 5.32 Å². The highest BCUT2D eigenvalue weighted by Crippen LogP contribution is 2.23. The molecule has 1 aromatic carbocycles. The monoisotopic (exact) mass is 270 g/mol. The van der Waals surface area contributed by atoms with E-state index in [1.54, 1.807) is 13.0 Å². The van der Waals surface area contributed by atoms with Crippen molar-refractivity contribution in [3.8, 4) is 0 Å². The van der Waals surface area contributed by atoms with Crippen molar-refractivity contribution in [3.63, 3.8) is 0 Å². The number of amides is 1. The van der Waals surface area contributed by atoms with Crippen LogP contribution in [0.1, 0.15) is 19.8 Å². The normalized spacial score (nSPS) is 16.7. The van der Waals surface area contributed by atoms with E-state index in [1.807, 2.05) is 4.90 Å². The first-order valence-corrected chi connectivity index (χ1v) is 6.46. The molecule has 18 heavy (non-hydrogen) atoms. The minimum Gasteiger partial charge on any atom is -0.373 e. The van der Waals surface area contributed by atoms with Crippen LogP contribution in [0.4, 0.5) is 10.1 Å². The van der Waals surface area contributed by atoms with Gasteiger partial charge in [0.2, 0.25) is 5.91 Å². The van der Waals surface area contributed by atoms with Gasteiger partial charge in [-0.1, -0.05) is 11.6 Å². The number of carbonyl (C=O) groups is 1. The Morgan fingerprint density at radius 3 is 2.72 bits per heavy atom. The standard InChI is InChI=1S/C13H16ClFN2O/c1-9(13(18)17-6-2-3-7-17)16-12-5-4-10(15)8-11(12)14/h4-5,8-9,16H,2-3,6-7H2,1H3. The molecule has 98 valence electrons. The van der Waals surface area contributed by atoms with Crippen molar-refractivity contribution in [1.82, 2.24) is 4.90 Å². The molecule has 0 bridgehead atoms. The van der Waals surface area contributed by atoms with Crippen LogP contribution in [-0.2, 0) is 4.79 Å². The molecule has 1 heterocycles. The first-order chi connectivity index (χ1) is 8.58. The number of likely N-dealkylation sites (tertiary alicyclic amines) is 1. The third-order valence-electron chi connectivity index (χ3n) is 3.09. The van der Waals surface area contributed by atoms with E-state index < -0.39 is 0 Å². The summed E-state index contributed by atoms with van der Waals surface area (Å²) in [6, 6.07) is 3.75. The zero-order chi connectivity index (χ0) is 13.1. The highest BCUT2D eigenvalue weighted by molar-refractivity contribution is 6.33. The Hall–Kier alpha value is -1.29. The maximum absolute atomic E-state index is 12.9. The number of rotatable bonds is 3. The predicted octanol–water partition coefficient (Wildman–Crippen LogP) is 2.90. The van der Waals surface area contributed by atoms with Gasteiger partial charge in [0.05, 0.1) is 10.7 Å². The van der Waals surface area contributed by atoms with E-state index in [4.69, 9.17) is 11.6 Å². The van der Waals surface area contributed by atoms with Crippen LogP contribution in [0.15, 0.2) is 18.2 Å². The van der Waals surface area contributed by atoms with Gasteiger partial charge >= 0.3 is 0 Å². The molecule has 1 aliphatic rings. The zero-order valence-electron chi connectivity index (χ0n) is 10.2. The second-order valence-electron chi connectivity index (χ2n) is 4.52. The van der Waals surface area contributed by atoms with Crippen LogP contribution < -0.4 is 5.32 Å². The third-order valence-corrected chi connectivity index (χ3v) is 3.40. The Kier molecular flexibility index (Phi) is 4.07. The van der Waals surface area contributed by atoms with E-state index >= 15 is 0 Å². The van der Waals surface area contributed by atoms with Gasteiger partial charge in [0.15, 0.2) is 0 Å². The lowest BCUT2D eigenvalue weighted by molar-refractivity contribution is -0.130. The lowest BCUT2D eigenvalue weighted by Crippen LogP contribution is -2.39. The van der Waals surface area contributed by atoms with Gasteiger partial charge in [-0.3, -0.25) is 4.79 Å². The largest absolute Gasteiger partial charge is 0.373 e. The summed E-state index contributed by atoms with van der Waals surface area (Å²) in [6.07, 6.45) is 2.13. The molecule has 0 spiro atoms. The number of nitrogens with one attached hydrogen (secondary N) is 1. The fraction of sp³-hybridized carbons (Fsp3) is 0.462. The Bertz CT molecular complexity index is 447. The molecule has 1 saturated heterocycles. The van der Waals surface area contributed by atoms with Gasteiger partial charge in [0.1, 0.15) is 11.9 Å². The third kappa shape index (κ3) is 2.93. The molecule has 0 aliphatic carbocycles. The van der Waals surface area contributed by atoms with Crippen molar-refractivity contribution >= 4 is 23.2 Å². The first kappa shape index (κ1) is 13.1. The van der Waals surface area contributed by atoms with Crippen LogP contribution in [0.2, 0.25) is 5.02 Å². The second kappa shape index (κ2) is 5.57. The molecule has 1 aliphatic heterocycles. The number of benzene rings is 1. The predicted molar refractivity (Wildman–Crippen MR) is 70.3 cm³/mol. The summed E-state index contributed by atoms with van der Waals surface area (Å²) in [5, 5.41) is 3.31. The molecule has 2 rings (SSSR count). The van der Waals surface area contributed by atoms with E-state index in [0.29, 0.717) is 5.69 Å². The molecule has 1 unspecified atom stereocenters. The van der Waals surface area contributed by atoms with Crippen molar-refractivity contribution in [2.45, 2.75) is 25.8 Å². The summed E-state index contributed by atoms with van der Waals surface area (Å²) in [6.45, 7) is 3.43. The van der Waals surface area contributed by atoms with Crippen LogP contribution in [0.5, 0.6) is 0 Å². The van der Waals surface area contributed by atoms with Crippen molar-refractivity contribution in [2.24, 2.45) is 0 Å². The first-order valence-electron chi connectivity index (χ1n) is 6.08. The highest BCUT2D eigenvalue weighted by atomic mass is 35.5. The maximum atomic E-state index is 12.9. The number of nitrogens with zero attached hydrogens (tertiary/aromatic N) is 1. The summed E-state index contributed by atoms with van der Waals surface area (Å²) >= 11 is 5.91. The molecule has 1 N–H and O–H groups in total. The Balaban J connectivity index is 2.01. The average molecular weight is 271 g/mol. The number of hydrogen-bond acceptors (Lipinski definition) is 2. The Labute approximate surface area is 111 Å². The SMILES string of the molecule is CC(Nc1ccc(F)cc1Cl)C(=O)N1CCCC1. The van der Waals surface area contributed by atoms with Crippen LogP contribution >= 0.6 is 11.6 Å². The van der Waals surface area contributed by atoms with Crippen LogP contribution in [-0.4, -0.2) is 29.9 Å². The second-order valence-corrected chi connectivity index (χ2v) is 4.93. The van der Waals surface area contributed by atoms with Gasteiger partial charge < -0.3 is 10.2 Å². The topological polar surface area (TPSA) is 32.3 Å². The lowest BCUT2D eigenvalue weighted by Gasteiger charge is -2.22. The summed E-state index contributed by atoms with van der Waals surface area (Å²) in [7, 11) is 0. The fourth-order valence-electron chi connectivity index (χ4n) is 2.11. The Morgan fingerprint density at radius 2 is 2.11 bits per heavy atom. The number of halogens is 2. The molecule has 0 radical (unpaired) electrons. The van der Waals surface area contributed by atoms with Crippen LogP contribution in [0.3, 0.4) is 0 Å². The van der Waals surface area contributed by atoms with Crippen molar-refractivity contribution in [3.05, 3.63) is 29.0 Å². The minimum absolute atomic E-state index is 0.0629. The zero-order valence-corrected chi connectivity index (χ0v) is 11.0. The molecule has 0 saturated carbocycles. The minimum atomic E-state index is -0.385. The quantitative estimate of drug-likeness (QED) is 0.916. The number of anilines is 1. The fourth-order valence-corrected chi connectivity index (χ4v) is 2.33. The molecule has 1 amide bonds. The molecular formula is C13H16ClFN2O. The van der Waals surface area contributed by atoms with E-state index in [9.17, 15) is 9.18 Å². The summed E-state index contributed by atoms with van der Waals surface area (Å²) in [4.78, 5) is 13.9. The van der Waals surface area contributed by atoms with Gasteiger partial charge in [0.25, 0.3) is 0 Å². The number of hydrogen-bond donors (Lipinski definition) is 1. The average Bonchev–Trinajstić information content (AvgIpc) is 2.85. The van der Waals surface area contributed by atoms with Crippen molar-refractivity contribution in [2.75, 3.05) is 18.4 Å². The van der Waals surface area contributed by atoms with Crippen molar-refractivity contribution < 1.29 is 9.18 Å². The summed E-state index contributed by atoms with van der Waals surface area (Å²) in [5.74, 6) is -0.322. The summed E-state index contributed by atoms with van der Waals surface area (Å²) in [5.41, 5.74) is 0.582. The molecule has 1 aromatic rings. The molecule has 5 heteroatoms. The molecule has 3 nitrogen and oxygen atoms in total. The van der Waals surface area contributed by atoms with Gasteiger partial charge in [-0.2, -0.15) is 0 Å². The van der Waals surface area contributed by atoms with Crippen LogP contribution in [0, 0.1) is 5.82 Å². The van der Waals surface area contributed by atoms with Gasteiger partial charge in [0, 0.05) is 13.1 Å². The lowest BCUT2D eigenvalue weighted by atomic mass is 10.2. The van der Waals surface area contributed by atoms with Crippen molar-refractivity contribution in [1.29, 1.82) is 0 Å². The van der Waals surface area contributed by atoms with Gasteiger partial charge in [-0.25, -0.2) is 4.39 Å².